The van der Waals surface area contributed by atoms with Gasteiger partial charge in [0.05, 0.1) is 11.3 Å². The van der Waals surface area contributed by atoms with E-state index < -0.39 is 0 Å². The van der Waals surface area contributed by atoms with Crippen LogP contribution in [0.5, 0.6) is 0 Å². The molecule has 27 heavy (non-hydrogen) atoms. The Morgan fingerprint density at radius 2 is 2.00 bits per heavy atom. The van der Waals surface area contributed by atoms with E-state index in [1.807, 2.05) is 13.8 Å². The molecule has 2 N–H and O–H groups in total. The summed E-state index contributed by atoms with van der Waals surface area (Å²) in [5, 5.41) is 9.71. The van der Waals surface area contributed by atoms with E-state index in [0.717, 1.165) is 6.42 Å². The Balaban J connectivity index is 1.81. The van der Waals surface area contributed by atoms with Crippen LogP contribution in [-0.4, -0.2) is 37.6 Å². The van der Waals surface area contributed by atoms with Crippen LogP contribution in [0.1, 0.15) is 41.0 Å². The number of anilines is 1. The molecule has 1 aromatic carbocycles. The number of amides is 2. The Bertz CT molecular complexity index is 939. The SMILES string of the molecule is CC[C@H](C)NC(=O)c1ccccc1NC(=O)c1ccnc(-n2cncn2)c1. The minimum Gasteiger partial charge on any atom is -0.350 e. The lowest BCUT2D eigenvalue weighted by Gasteiger charge is -2.14. The third-order valence-corrected chi connectivity index (χ3v) is 4.07. The van der Waals surface area contributed by atoms with Crippen LogP contribution in [0.4, 0.5) is 5.69 Å². The van der Waals surface area contributed by atoms with Crippen molar-refractivity contribution in [3.8, 4) is 5.82 Å². The first-order chi connectivity index (χ1) is 13.1. The van der Waals surface area contributed by atoms with Gasteiger partial charge in [0.25, 0.3) is 11.8 Å². The van der Waals surface area contributed by atoms with Gasteiger partial charge in [-0.1, -0.05) is 19.1 Å². The molecule has 0 bridgehead atoms. The fourth-order valence-corrected chi connectivity index (χ4v) is 2.40. The highest BCUT2D eigenvalue weighted by Gasteiger charge is 2.16. The number of pyridine rings is 1. The predicted molar refractivity (Wildman–Crippen MR) is 101 cm³/mol. The average Bonchev–Trinajstić information content (AvgIpc) is 3.23. The highest BCUT2D eigenvalue weighted by molar-refractivity contribution is 6.09. The van der Waals surface area contributed by atoms with Gasteiger partial charge in [-0.15, -0.1) is 0 Å². The van der Waals surface area contributed by atoms with Crippen molar-refractivity contribution in [1.29, 1.82) is 0 Å². The van der Waals surface area contributed by atoms with Crippen molar-refractivity contribution in [1.82, 2.24) is 25.1 Å². The minimum atomic E-state index is -0.345. The maximum Gasteiger partial charge on any atom is 0.255 e. The molecule has 2 amide bonds. The quantitative estimate of drug-likeness (QED) is 0.699. The lowest BCUT2D eigenvalue weighted by atomic mass is 10.1. The van der Waals surface area contributed by atoms with Crippen molar-refractivity contribution >= 4 is 17.5 Å². The summed E-state index contributed by atoms with van der Waals surface area (Å²) in [6.07, 6.45) is 5.23. The van der Waals surface area contributed by atoms with Gasteiger partial charge >= 0.3 is 0 Å². The molecule has 0 saturated carbocycles. The van der Waals surface area contributed by atoms with Crippen molar-refractivity contribution in [2.45, 2.75) is 26.3 Å². The highest BCUT2D eigenvalue weighted by atomic mass is 16.2. The van der Waals surface area contributed by atoms with Gasteiger partial charge in [0.2, 0.25) is 0 Å². The topological polar surface area (TPSA) is 102 Å². The lowest BCUT2D eigenvalue weighted by Crippen LogP contribution is -2.32. The van der Waals surface area contributed by atoms with Gasteiger partial charge in [-0.3, -0.25) is 9.59 Å². The number of rotatable bonds is 6. The van der Waals surface area contributed by atoms with Crippen molar-refractivity contribution in [3.63, 3.8) is 0 Å². The number of benzene rings is 1. The van der Waals surface area contributed by atoms with Crippen LogP contribution in [-0.2, 0) is 0 Å². The van der Waals surface area contributed by atoms with Crippen LogP contribution in [0, 0.1) is 0 Å². The molecular weight excluding hydrogens is 344 g/mol. The van der Waals surface area contributed by atoms with Gasteiger partial charge in [-0.05, 0) is 37.6 Å². The molecule has 0 aliphatic carbocycles. The fraction of sp³-hybridized carbons (Fsp3) is 0.211. The maximum absolute atomic E-state index is 12.7. The zero-order valence-corrected chi connectivity index (χ0v) is 15.1. The van der Waals surface area contributed by atoms with Crippen LogP contribution in [0.2, 0.25) is 0 Å². The normalized spacial score (nSPS) is 11.6. The Labute approximate surface area is 156 Å². The van der Waals surface area contributed by atoms with E-state index >= 15 is 0 Å². The van der Waals surface area contributed by atoms with Gasteiger partial charge < -0.3 is 10.6 Å². The first-order valence-corrected chi connectivity index (χ1v) is 8.60. The van der Waals surface area contributed by atoms with Crippen LogP contribution < -0.4 is 10.6 Å². The van der Waals surface area contributed by atoms with Gasteiger partial charge in [0.15, 0.2) is 5.82 Å². The first kappa shape index (κ1) is 18.2. The van der Waals surface area contributed by atoms with E-state index in [4.69, 9.17) is 0 Å². The van der Waals surface area contributed by atoms with E-state index in [-0.39, 0.29) is 17.9 Å². The second-order valence-corrected chi connectivity index (χ2v) is 6.03. The molecule has 2 aromatic heterocycles. The zero-order chi connectivity index (χ0) is 19.2. The number of hydrogen-bond acceptors (Lipinski definition) is 5. The predicted octanol–water partition coefficient (Wildman–Crippen LogP) is 2.44. The first-order valence-electron chi connectivity index (χ1n) is 8.60. The van der Waals surface area contributed by atoms with E-state index in [1.54, 1.807) is 36.4 Å². The van der Waals surface area contributed by atoms with E-state index in [9.17, 15) is 9.59 Å². The number of para-hydroxylation sites is 1. The lowest BCUT2D eigenvalue weighted by molar-refractivity contribution is 0.0940. The van der Waals surface area contributed by atoms with E-state index in [1.165, 1.54) is 23.5 Å². The van der Waals surface area contributed by atoms with Gasteiger partial charge in [-0.25, -0.2) is 14.6 Å². The van der Waals surface area contributed by atoms with Crippen molar-refractivity contribution in [2.75, 3.05) is 5.32 Å². The Kier molecular flexibility index (Phi) is 5.55. The van der Waals surface area contributed by atoms with Crippen molar-refractivity contribution in [2.24, 2.45) is 0 Å². The number of nitrogens with one attached hydrogen (secondary N) is 2. The molecule has 3 rings (SSSR count). The molecule has 0 fully saturated rings. The summed E-state index contributed by atoms with van der Waals surface area (Å²) in [6, 6.07) is 10.2. The summed E-state index contributed by atoms with van der Waals surface area (Å²) in [4.78, 5) is 33.2. The van der Waals surface area contributed by atoms with E-state index in [0.29, 0.717) is 22.6 Å². The van der Waals surface area contributed by atoms with Gasteiger partial charge in [0.1, 0.15) is 12.7 Å². The third-order valence-electron chi connectivity index (χ3n) is 4.07. The monoisotopic (exact) mass is 364 g/mol. The largest absolute Gasteiger partial charge is 0.350 e. The number of carbonyl (C=O) groups excluding carboxylic acids is 2. The number of hydrogen-bond donors (Lipinski definition) is 2. The molecule has 8 heteroatoms. The molecule has 2 heterocycles. The fourth-order valence-electron chi connectivity index (χ4n) is 2.40. The van der Waals surface area contributed by atoms with Crippen LogP contribution in [0.3, 0.4) is 0 Å². The van der Waals surface area contributed by atoms with Crippen molar-refractivity contribution in [3.05, 3.63) is 66.4 Å². The molecule has 0 saturated heterocycles. The zero-order valence-electron chi connectivity index (χ0n) is 15.1. The van der Waals surface area contributed by atoms with Crippen LogP contribution in [0.25, 0.3) is 5.82 Å². The Morgan fingerprint density at radius 3 is 2.74 bits per heavy atom. The standard InChI is InChI=1S/C19H20N6O2/c1-3-13(2)23-19(27)15-6-4-5-7-16(15)24-18(26)14-8-9-21-17(10-14)25-12-20-11-22-25/h4-13H,3H2,1-2H3,(H,23,27)(H,24,26)/t13-/m0/s1. The molecule has 0 radical (unpaired) electrons. The van der Waals surface area contributed by atoms with Crippen LogP contribution in [0.15, 0.2) is 55.2 Å². The molecule has 0 aliphatic heterocycles. The second kappa shape index (κ2) is 8.22. The summed E-state index contributed by atoms with van der Waals surface area (Å²) < 4.78 is 1.46. The molecule has 3 aromatic rings. The summed E-state index contributed by atoms with van der Waals surface area (Å²) in [5.41, 5.74) is 1.26. The molecular formula is C19H20N6O2. The second-order valence-electron chi connectivity index (χ2n) is 6.03. The van der Waals surface area contributed by atoms with Gasteiger partial charge in [-0.2, -0.15) is 5.10 Å². The molecule has 0 spiro atoms. The molecule has 8 nitrogen and oxygen atoms in total. The Hall–Kier alpha value is -3.55. The Morgan fingerprint density at radius 1 is 1.19 bits per heavy atom. The summed E-state index contributed by atoms with van der Waals surface area (Å²) in [5.74, 6) is -0.0937. The third kappa shape index (κ3) is 4.35. The summed E-state index contributed by atoms with van der Waals surface area (Å²) in [6.45, 7) is 3.93. The van der Waals surface area contributed by atoms with E-state index in [2.05, 4.69) is 25.7 Å². The summed E-state index contributed by atoms with van der Waals surface area (Å²) in [7, 11) is 0. The number of nitrogens with zero attached hydrogens (tertiary/aromatic N) is 4. The number of aromatic nitrogens is 4. The molecule has 138 valence electrons. The highest BCUT2D eigenvalue weighted by Crippen LogP contribution is 2.17. The van der Waals surface area contributed by atoms with Crippen LogP contribution >= 0.6 is 0 Å². The smallest absolute Gasteiger partial charge is 0.255 e. The maximum atomic E-state index is 12.7. The minimum absolute atomic E-state index is 0.0479. The molecule has 0 unspecified atom stereocenters. The average molecular weight is 364 g/mol. The summed E-state index contributed by atoms with van der Waals surface area (Å²) >= 11 is 0. The number of carbonyl (C=O) groups is 2. The van der Waals surface area contributed by atoms with Gasteiger partial charge in [0, 0.05) is 17.8 Å². The molecule has 1 atom stereocenters. The van der Waals surface area contributed by atoms with Crippen molar-refractivity contribution < 1.29 is 9.59 Å². The molecule has 0 aliphatic rings.